The van der Waals surface area contributed by atoms with Crippen LogP contribution in [0, 0.1) is 0 Å². The normalized spacial score (nSPS) is 15.7. The minimum absolute atomic E-state index is 0.0122. The third-order valence-electron chi connectivity index (χ3n) is 3.23. The summed E-state index contributed by atoms with van der Waals surface area (Å²) in [6.45, 7) is 1.58. The van der Waals surface area contributed by atoms with Crippen LogP contribution in [-0.4, -0.2) is 50.4 Å². The van der Waals surface area contributed by atoms with Gasteiger partial charge in [-0.25, -0.2) is 0 Å². The minimum atomic E-state index is -0.0122. The van der Waals surface area contributed by atoms with Crippen LogP contribution in [0.3, 0.4) is 0 Å². The van der Waals surface area contributed by atoms with Crippen molar-refractivity contribution in [1.82, 2.24) is 10.2 Å². The van der Waals surface area contributed by atoms with E-state index in [1.807, 2.05) is 43.3 Å². The fourth-order valence-corrected chi connectivity index (χ4v) is 2.05. The van der Waals surface area contributed by atoms with Crippen molar-refractivity contribution in [3.8, 4) is 0 Å². The van der Waals surface area contributed by atoms with E-state index in [1.54, 1.807) is 4.90 Å². The van der Waals surface area contributed by atoms with Gasteiger partial charge in [0.05, 0.1) is 0 Å². The first-order chi connectivity index (χ1) is 9.08. The van der Waals surface area contributed by atoms with Crippen molar-refractivity contribution in [2.24, 2.45) is 0 Å². The maximum atomic E-state index is 12.3. The second kappa shape index (κ2) is 5.73. The van der Waals surface area contributed by atoms with Gasteiger partial charge in [0.1, 0.15) is 0 Å². The molecular formula is C14H19N3O2. The summed E-state index contributed by atoms with van der Waals surface area (Å²) in [7, 11) is 3.92. The van der Waals surface area contributed by atoms with Crippen molar-refractivity contribution < 1.29 is 9.59 Å². The number of nitrogens with one attached hydrogen (secondary N) is 1. The Morgan fingerprint density at radius 1 is 1.21 bits per heavy atom. The largest absolute Gasteiger partial charge is 0.378 e. The number of carbonyl (C=O) groups is 2. The second-order valence-electron chi connectivity index (χ2n) is 4.83. The molecule has 0 unspecified atom stereocenters. The third-order valence-corrected chi connectivity index (χ3v) is 3.23. The molecule has 2 amide bonds. The lowest BCUT2D eigenvalue weighted by molar-refractivity contribution is -0.120. The van der Waals surface area contributed by atoms with Gasteiger partial charge in [-0.15, -0.1) is 0 Å². The molecule has 19 heavy (non-hydrogen) atoms. The molecule has 5 heteroatoms. The van der Waals surface area contributed by atoms with E-state index >= 15 is 0 Å². The van der Waals surface area contributed by atoms with E-state index in [9.17, 15) is 9.59 Å². The SMILES string of the molecule is CN(C)c1ccc(C(=O)N2CCNC(=O)CC2)cc1. The summed E-state index contributed by atoms with van der Waals surface area (Å²) in [6.07, 6.45) is 0.377. The predicted molar refractivity (Wildman–Crippen MR) is 74.3 cm³/mol. The van der Waals surface area contributed by atoms with Gasteiger partial charge in [0, 0.05) is 51.4 Å². The molecule has 1 heterocycles. The number of rotatable bonds is 2. The Balaban J connectivity index is 2.08. The molecule has 1 aliphatic heterocycles. The van der Waals surface area contributed by atoms with E-state index in [0.717, 1.165) is 5.69 Å². The summed E-state index contributed by atoms with van der Waals surface area (Å²) in [5.41, 5.74) is 1.73. The highest BCUT2D eigenvalue weighted by atomic mass is 16.2. The Hall–Kier alpha value is -2.04. The lowest BCUT2D eigenvalue weighted by Gasteiger charge is -2.20. The number of hydrogen-bond acceptors (Lipinski definition) is 3. The fourth-order valence-electron chi connectivity index (χ4n) is 2.05. The molecule has 0 atom stereocenters. The summed E-state index contributed by atoms with van der Waals surface area (Å²) in [6, 6.07) is 7.51. The zero-order chi connectivity index (χ0) is 13.8. The van der Waals surface area contributed by atoms with Crippen LogP contribution in [0.5, 0.6) is 0 Å². The Morgan fingerprint density at radius 2 is 1.89 bits per heavy atom. The molecule has 0 aliphatic carbocycles. The molecule has 102 valence electrons. The highest BCUT2D eigenvalue weighted by molar-refractivity contribution is 5.95. The van der Waals surface area contributed by atoms with Crippen LogP contribution in [0.1, 0.15) is 16.8 Å². The van der Waals surface area contributed by atoms with Crippen LogP contribution in [0.25, 0.3) is 0 Å². The molecule has 0 saturated carbocycles. The zero-order valence-corrected chi connectivity index (χ0v) is 11.3. The van der Waals surface area contributed by atoms with Gasteiger partial charge in [-0.1, -0.05) is 0 Å². The second-order valence-corrected chi connectivity index (χ2v) is 4.83. The molecule has 1 aromatic carbocycles. The van der Waals surface area contributed by atoms with E-state index in [1.165, 1.54) is 0 Å². The van der Waals surface area contributed by atoms with Crippen molar-refractivity contribution >= 4 is 17.5 Å². The lowest BCUT2D eigenvalue weighted by Crippen LogP contribution is -2.34. The highest BCUT2D eigenvalue weighted by Gasteiger charge is 2.19. The number of amides is 2. The van der Waals surface area contributed by atoms with E-state index in [-0.39, 0.29) is 11.8 Å². The molecule has 0 bridgehead atoms. The summed E-state index contributed by atoms with van der Waals surface area (Å²) in [5, 5.41) is 2.77. The first-order valence-corrected chi connectivity index (χ1v) is 6.41. The average molecular weight is 261 g/mol. The molecule has 2 rings (SSSR count). The van der Waals surface area contributed by atoms with E-state index in [0.29, 0.717) is 31.6 Å². The van der Waals surface area contributed by atoms with Crippen molar-refractivity contribution in [3.63, 3.8) is 0 Å². The van der Waals surface area contributed by atoms with Gasteiger partial charge >= 0.3 is 0 Å². The summed E-state index contributed by atoms with van der Waals surface area (Å²) < 4.78 is 0. The van der Waals surface area contributed by atoms with E-state index in [4.69, 9.17) is 0 Å². The molecule has 0 spiro atoms. The zero-order valence-electron chi connectivity index (χ0n) is 11.3. The van der Waals surface area contributed by atoms with Crippen molar-refractivity contribution in [3.05, 3.63) is 29.8 Å². The maximum absolute atomic E-state index is 12.3. The molecule has 1 N–H and O–H groups in total. The smallest absolute Gasteiger partial charge is 0.253 e. The van der Waals surface area contributed by atoms with Crippen LogP contribution >= 0.6 is 0 Å². The van der Waals surface area contributed by atoms with E-state index in [2.05, 4.69) is 5.32 Å². The van der Waals surface area contributed by atoms with Gasteiger partial charge in [0.25, 0.3) is 5.91 Å². The Labute approximate surface area is 113 Å². The third kappa shape index (κ3) is 3.24. The molecule has 1 aliphatic rings. The number of anilines is 1. The quantitative estimate of drug-likeness (QED) is 0.853. The maximum Gasteiger partial charge on any atom is 0.253 e. The average Bonchev–Trinajstić information content (AvgIpc) is 2.63. The van der Waals surface area contributed by atoms with Crippen molar-refractivity contribution in [2.75, 3.05) is 38.6 Å². The topological polar surface area (TPSA) is 52.7 Å². The Morgan fingerprint density at radius 3 is 2.53 bits per heavy atom. The fraction of sp³-hybridized carbons (Fsp3) is 0.429. The molecule has 5 nitrogen and oxygen atoms in total. The molecule has 0 radical (unpaired) electrons. The molecule has 1 aromatic rings. The number of nitrogens with zero attached hydrogens (tertiary/aromatic N) is 2. The molecular weight excluding hydrogens is 242 g/mol. The summed E-state index contributed by atoms with van der Waals surface area (Å²) in [5.74, 6) is 0.0000573. The van der Waals surface area contributed by atoms with Crippen LogP contribution in [0.2, 0.25) is 0 Å². The number of carbonyl (C=O) groups excluding carboxylic acids is 2. The number of benzene rings is 1. The van der Waals surface area contributed by atoms with Gasteiger partial charge in [-0.3, -0.25) is 9.59 Å². The predicted octanol–water partition coefficient (Wildman–Crippen LogP) is 0.715. The van der Waals surface area contributed by atoms with Gasteiger partial charge < -0.3 is 15.1 Å². The van der Waals surface area contributed by atoms with Gasteiger partial charge in [-0.05, 0) is 24.3 Å². The highest BCUT2D eigenvalue weighted by Crippen LogP contribution is 2.14. The molecule has 1 fully saturated rings. The Bertz CT molecular complexity index is 468. The van der Waals surface area contributed by atoms with Gasteiger partial charge in [0.2, 0.25) is 5.91 Å². The Kier molecular flexibility index (Phi) is 4.04. The van der Waals surface area contributed by atoms with Crippen molar-refractivity contribution in [1.29, 1.82) is 0 Å². The first-order valence-electron chi connectivity index (χ1n) is 6.41. The van der Waals surface area contributed by atoms with Gasteiger partial charge in [-0.2, -0.15) is 0 Å². The first kappa shape index (κ1) is 13.4. The minimum Gasteiger partial charge on any atom is -0.378 e. The number of hydrogen-bond donors (Lipinski definition) is 1. The molecule has 1 saturated heterocycles. The van der Waals surface area contributed by atoms with Crippen LogP contribution < -0.4 is 10.2 Å². The standard InChI is InChI=1S/C14H19N3O2/c1-16(2)12-5-3-11(4-6-12)14(19)17-9-7-13(18)15-8-10-17/h3-6H,7-10H2,1-2H3,(H,15,18). The lowest BCUT2D eigenvalue weighted by atomic mass is 10.1. The monoisotopic (exact) mass is 261 g/mol. The van der Waals surface area contributed by atoms with Crippen LogP contribution in [-0.2, 0) is 4.79 Å². The van der Waals surface area contributed by atoms with Crippen LogP contribution in [0.4, 0.5) is 5.69 Å². The van der Waals surface area contributed by atoms with Crippen LogP contribution in [0.15, 0.2) is 24.3 Å². The summed E-state index contributed by atoms with van der Waals surface area (Å²) in [4.78, 5) is 27.3. The van der Waals surface area contributed by atoms with E-state index < -0.39 is 0 Å². The summed E-state index contributed by atoms with van der Waals surface area (Å²) >= 11 is 0. The van der Waals surface area contributed by atoms with Gasteiger partial charge in [0.15, 0.2) is 0 Å². The molecule has 0 aromatic heterocycles. The van der Waals surface area contributed by atoms with Crippen molar-refractivity contribution in [2.45, 2.75) is 6.42 Å².